The molecule has 30 heavy (non-hydrogen) atoms. The fourth-order valence-electron chi connectivity index (χ4n) is 3.38. The molecule has 2 aromatic carbocycles. The van der Waals surface area contributed by atoms with Crippen LogP contribution in [0, 0.1) is 0 Å². The van der Waals surface area contributed by atoms with Crippen LogP contribution in [-0.4, -0.2) is 25.3 Å². The third-order valence-corrected chi connectivity index (χ3v) is 5.62. The van der Waals surface area contributed by atoms with Crippen molar-refractivity contribution in [1.29, 1.82) is 0 Å². The molecule has 0 aliphatic carbocycles. The van der Waals surface area contributed by atoms with E-state index in [9.17, 15) is 4.79 Å². The molecule has 0 aliphatic rings. The highest BCUT2D eigenvalue weighted by molar-refractivity contribution is 6.44. The Morgan fingerprint density at radius 1 is 1.13 bits per heavy atom. The molecule has 0 aliphatic heterocycles. The maximum atomic E-state index is 13.0. The smallest absolute Gasteiger partial charge is 0.184 e. The summed E-state index contributed by atoms with van der Waals surface area (Å²) in [5.74, 6) is 1.25. The van der Waals surface area contributed by atoms with Crippen LogP contribution >= 0.6 is 23.2 Å². The molecule has 148 valence electrons. The van der Waals surface area contributed by atoms with E-state index in [0.717, 1.165) is 16.4 Å². The van der Waals surface area contributed by atoms with Crippen LogP contribution in [-0.2, 0) is 6.54 Å². The van der Waals surface area contributed by atoms with Crippen molar-refractivity contribution in [3.63, 3.8) is 0 Å². The van der Waals surface area contributed by atoms with E-state index in [1.165, 1.54) is 0 Å². The number of aromatic nitrogens is 4. The third kappa shape index (κ3) is 3.30. The Labute approximate surface area is 181 Å². The van der Waals surface area contributed by atoms with Gasteiger partial charge in [-0.3, -0.25) is 9.78 Å². The minimum atomic E-state index is -0.0486. The van der Waals surface area contributed by atoms with Crippen LogP contribution in [0.1, 0.15) is 10.4 Å². The highest BCUT2D eigenvalue weighted by Crippen LogP contribution is 2.30. The molecule has 0 fully saturated rings. The number of fused-ring (bicyclic) bond motifs is 2. The number of hydrogen-bond donors (Lipinski definition) is 1. The number of hydrogen-bond acceptors (Lipinski definition) is 4. The van der Waals surface area contributed by atoms with Gasteiger partial charge in [-0.15, -0.1) is 0 Å². The van der Waals surface area contributed by atoms with Crippen molar-refractivity contribution in [3.8, 4) is 11.5 Å². The maximum absolute atomic E-state index is 13.0. The molecule has 0 radical (unpaired) electrons. The van der Waals surface area contributed by atoms with Crippen LogP contribution in [0.3, 0.4) is 0 Å². The summed E-state index contributed by atoms with van der Waals surface area (Å²) in [5, 5.41) is 1.64. The van der Waals surface area contributed by atoms with Crippen molar-refractivity contribution < 1.29 is 9.53 Å². The Kier molecular flexibility index (Phi) is 4.65. The van der Waals surface area contributed by atoms with Gasteiger partial charge in [0.2, 0.25) is 0 Å². The van der Waals surface area contributed by atoms with E-state index in [0.29, 0.717) is 32.6 Å². The van der Waals surface area contributed by atoms with Crippen molar-refractivity contribution in [2.24, 2.45) is 0 Å². The molecule has 5 rings (SSSR count). The quantitative estimate of drug-likeness (QED) is 0.348. The van der Waals surface area contributed by atoms with Gasteiger partial charge >= 0.3 is 0 Å². The molecule has 0 atom stereocenters. The molecule has 0 saturated heterocycles. The zero-order valence-corrected chi connectivity index (χ0v) is 17.0. The van der Waals surface area contributed by atoms with Crippen molar-refractivity contribution in [3.05, 3.63) is 83.0 Å². The number of benzene rings is 2. The highest BCUT2D eigenvalue weighted by Gasteiger charge is 2.16. The molecular weight excluding hydrogens is 423 g/mol. The van der Waals surface area contributed by atoms with Gasteiger partial charge in [0.15, 0.2) is 5.78 Å². The minimum Gasteiger partial charge on any atom is -0.456 e. The summed E-state index contributed by atoms with van der Waals surface area (Å²) in [6.45, 7) is 0.134. The molecule has 8 heteroatoms. The molecule has 3 heterocycles. The van der Waals surface area contributed by atoms with E-state index in [1.807, 2.05) is 24.3 Å². The molecule has 0 amide bonds. The molecule has 5 aromatic rings. The van der Waals surface area contributed by atoms with Crippen LogP contribution in [0.4, 0.5) is 0 Å². The lowest BCUT2D eigenvalue weighted by molar-refractivity contribution is 0.0975. The first-order chi connectivity index (χ1) is 14.6. The Morgan fingerprint density at radius 2 is 2.03 bits per heavy atom. The van der Waals surface area contributed by atoms with Crippen LogP contribution < -0.4 is 4.74 Å². The number of pyridine rings is 1. The summed E-state index contributed by atoms with van der Waals surface area (Å²) in [4.78, 5) is 24.5. The number of Topliss-reactive ketones (excluding diaryl/α,β-unsaturated/α-hetero) is 1. The van der Waals surface area contributed by atoms with E-state index in [1.54, 1.807) is 47.7 Å². The summed E-state index contributed by atoms with van der Waals surface area (Å²) in [6, 6.07) is 12.7. The van der Waals surface area contributed by atoms with Gasteiger partial charge in [0.1, 0.15) is 17.0 Å². The number of halogens is 2. The molecule has 0 bridgehead atoms. The first kappa shape index (κ1) is 18.7. The molecule has 0 spiro atoms. The fraction of sp³-hybridized carbons (Fsp3) is 0.0455. The number of aromatic amines is 1. The van der Waals surface area contributed by atoms with Crippen LogP contribution in [0.25, 0.3) is 21.9 Å². The van der Waals surface area contributed by atoms with Crippen molar-refractivity contribution in [1.82, 2.24) is 19.5 Å². The maximum Gasteiger partial charge on any atom is 0.184 e. The Hall–Kier alpha value is -3.35. The fourth-order valence-corrected chi connectivity index (χ4v) is 3.74. The number of imidazole rings is 1. The number of H-pyrrole nitrogens is 1. The number of carbonyl (C=O) groups is 1. The molecular formula is C22H14Cl2N4O2. The van der Waals surface area contributed by atoms with E-state index in [2.05, 4.69) is 15.0 Å². The number of carbonyl (C=O) groups excluding carboxylic acids is 1. The molecule has 0 saturated carbocycles. The van der Waals surface area contributed by atoms with Gasteiger partial charge in [0.05, 0.1) is 34.6 Å². The second kappa shape index (κ2) is 7.48. The topological polar surface area (TPSA) is 72.8 Å². The lowest BCUT2D eigenvalue weighted by Gasteiger charge is -2.06. The normalized spacial score (nSPS) is 11.3. The van der Waals surface area contributed by atoms with Gasteiger partial charge in [0, 0.05) is 34.9 Å². The average molecular weight is 437 g/mol. The lowest BCUT2D eigenvalue weighted by atomic mass is 10.1. The second-order valence-corrected chi connectivity index (χ2v) is 7.51. The first-order valence-corrected chi connectivity index (χ1v) is 9.87. The van der Waals surface area contributed by atoms with Crippen molar-refractivity contribution in [2.75, 3.05) is 0 Å². The van der Waals surface area contributed by atoms with Crippen LogP contribution in [0.5, 0.6) is 11.5 Å². The number of ketones is 1. The third-order valence-electron chi connectivity index (χ3n) is 4.82. The van der Waals surface area contributed by atoms with Gasteiger partial charge in [-0.1, -0.05) is 23.2 Å². The van der Waals surface area contributed by atoms with E-state index in [4.69, 9.17) is 27.9 Å². The van der Waals surface area contributed by atoms with E-state index >= 15 is 0 Å². The molecule has 3 aromatic heterocycles. The molecule has 1 N–H and O–H groups in total. The van der Waals surface area contributed by atoms with Gasteiger partial charge in [-0.2, -0.15) is 0 Å². The zero-order chi connectivity index (χ0) is 20.7. The van der Waals surface area contributed by atoms with E-state index < -0.39 is 0 Å². The second-order valence-electron chi connectivity index (χ2n) is 6.73. The minimum absolute atomic E-state index is 0.0486. The van der Waals surface area contributed by atoms with Crippen molar-refractivity contribution >= 4 is 50.9 Å². The Balaban J connectivity index is 1.42. The number of nitrogens with one attached hydrogen (secondary N) is 1. The SMILES string of the molecule is O=C(Cn1cnc2c(Cl)c(Cl)ccc21)c1c[nH]c2cc(Oc3cccnc3)ccc12. The van der Waals surface area contributed by atoms with Crippen molar-refractivity contribution in [2.45, 2.75) is 6.54 Å². The first-order valence-electron chi connectivity index (χ1n) is 9.11. The Bertz CT molecular complexity index is 1390. The summed E-state index contributed by atoms with van der Waals surface area (Å²) in [7, 11) is 0. The Morgan fingerprint density at radius 3 is 2.87 bits per heavy atom. The van der Waals surface area contributed by atoms with Gasteiger partial charge < -0.3 is 14.3 Å². The summed E-state index contributed by atoms with van der Waals surface area (Å²) in [5.41, 5.74) is 2.74. The van der Waals surface area contributed by atoms with E-state index in [-0.39, 0.29) is 12.3 Å². The molecule has 6 nitrogen and oxygen atoms in total. The van der Waals surface area contributed by atoms with Gasteiger partial charge in [-0.25, -0.2) is 4.98 Å². The predicted molar refractivity (Wildman–Crippen MR) is 117 cm³/mol. The average Bonchev–Trinajstić information content (AvgIpc) is 3.36. The predicted octanol–water partition coefficient (Wildman–Crippen LogP) is 5.89. The summed E-state index contributed by atoms with van der Waals surface area (Å²) >= 11 is 12.3. The van der Waals surface area contributed by atoms with Gasteiger partial charge in [-0.05, 0) is 36.4 Å². The number of ether oxygens (including phenoxy) is 1. The summed E-state index contributed by atoms with van der Waals surface area (Å²) < 4.78 is 7.57. The standard InChI is InChI=1S/C22H14Cl2N4O2/c23-17-5-6-19-22(21(17)24)27-12-28(19)11-20(29)16-10-26-18-8-13(3-4-15(16)18)30-14-2-1-7-25-9-14/h1-10,12,26H,11H2. The molecule has 0 unspecified atom stereocenters. The highest BCUT2D eigenvalue weighted by atomic mass is 35.5. The largest absolute Gasteiger partial charge is 0.456 e. The number of nitrogens with zero attached hydrogens (tertiary/aromatic N) is 3. The summed E-state index contributed by atoms with van der Waals surface area (Å²) in [6.07, 6.45) is 6.64. The van der Waals surface area contributed by atoms with Crippen LogP contribution in [0.2, 0.25) is 10.0 Å². The van der Waals surface area contributed by atoms with Gasteiger partial charge in [0.25, 0.3) is 0 Å². The zero-order valence-electron chi connectivity index (χ0n) is 15.5. The number of rotatable bonds is 5. The monoisotopic (exact) mass is 436 g/mol. The lowest BCUT2D eigenvalue weighted by Crippen LogP contribution is -2.09. The van der Waals surface area contributed by atoms with Crippen LogP contribution in [0.15, 0.2) is 67.4 Å².